The standard InChI is InChI=1S/C3HCl3N2S/c4-3(5,6)2-1-7-8-9-2/h1H. The van der Waals surface area contributed by atoms with Crippen molar-refractivity contribution < 1.29 is 0 Å². The van der Waals surface area contributed by atoms with Gasteiger partial charge in [-0.25, -0.2) is 0 Å². The molecule has 0 atom stereocenters. The Morgan fingerprint density at radius 3 is 2.33 bits per heavy atom. The SMILES string of the molecule is ClC(Cl)(Cl)c1cnns1. The van der Waals surface area contributed by atoms with Gasteiger partial charge in [0.25, 0.3) is 0 Å². The molecular formula is C3HCl3N2S. The smallest absolute Gasteiger partial charge is 0.146 e. The van der Waals surface area contributed by atoms with E-state index in [0.29, 0.717) is 4.88 Å². The molecule has 1 aromatic heterocycles. The van der Waals surface area contributed by atoms with Crippen molar-refractivity contribution in [2.75, 3.05) is 0 Å². The highest BCUT2D eigenvalue weighted by Crippen LogP contribution is 2.39. The molecule has 0 radical (unpaired) electrons. The highest BCUT2D eigenvalue weighted by molar-refractivity contribution is 7.07. The van der Waals surface area contributed by atoms with E-state index < -0.39 is 3.79 Å². The molecule has 0 saturated heterocycles. The van der Waals surface area contributed by atoms with Gasteiger partial charge in [0.15, 0.2) is 0 Å². The summed E-state index contributed by atoms with van der Waals surface area (Å²) in [5.41, 5.74) is 0. The number of alkyl halides is 3. The van der Waals surface area contributed by atoms with Crippen molar-refractivity contribution in [3.63, 3.8) is 0 Å². The van der Waals surface area contributed by atoms with E-state index in [0.717, 1.165) is 11.5 Å². The van der Waals surface area contributed by atoms with Crippen LogP contribution in [0.5, 0.6) is 0 Å². The molecule has 0 aliphatic rings. The fraction of sp³-hybridized carbons (Fsp3) is 0.333. The van der Waals surface area contributed by atoms with E-state index in [1.54, 1.807) is 0 Å². The van der Waals surface area contributed by atoms with Gasteiger partial charge < -0.3 is 0 Å². The lowest BCUT2D eigenvalue weighted by Gasteiger charge is -2.03. The second-order valence-corrected chi connectivity index (χ2v) is 4.35. The van der Waals surface area contributed by atoms with Crippen molar-refractivity contribution in [3.8, 4) is 0 Å². The molecule has 50 valence electrons. The maximum atomic E-state index is 5.46. The van der Waals surface area contributed by atoms with Crippen LogP contribution in [-0.4, -0.2) is 9.59 Å². The minimum atomic E-state index is -1.37. The molecule has 1 heterocycles. The predicted molar refractivity (Wildman–Crippen MR) is 39.1 cm³/mol. The third kappa shape index (κ3) is 1.93. The van der Waals surface area contributed by atoms with Crippen LogP contribution in [0.4, 0.5) is 0 Å². The maximum absolute atomic E-state index is 5.46. The Morgan fingerprint density at radius 1 is 1.44 bits per heavy atom. The Bertz CT molecular complexity index is 179. The first-order chi connectivity index (χ1) is 4.11. The highest BCUT2D eigenvalue weighted by atomic mass is 35.6. The summed E-state index contributed by atoms with van der Waals surface area (Å²) in [7, 11) is 0. The van der Waals surface area contributed by atoms with Gasteiger partial charge in [0.05, 0.1) is 11.1 Å². The van der Waals surface area contributed by atoms with E-state index in [2.05, 4.69) is 9.59 Å². The van der Waals surface area contributed by atoms with Crippen LogP contribution in [0, 0.1) is 0 Å². The summed E-state index contributed by atoms with van der Waals surface area (Å²) >= 11 is 17.5. The van der Waals surface area contributed by atoms with Gasteiger partial charge >= 0.3 is 0 Å². The largest absolute Gasteiger partial charge is 0.228 e. The molecule has 0 unspecified atom stereocenters. The van der Waals surface area contributed by atoms with Crippen LogP contribution in [0.25, 0.3) is 0 Å². The summed E-state index contributed by atoms with van der Waals surface area (Å²) in [6.45, 7) is 0. The van der Waals surface area contributed by atoms with Crippen LogP contribution in [-0.2, 0) is 3.79 Å². The Kier molecular flexibility index (Phi) is 2.16. The predicted octanol–water partition coefficient (Wildman–Crippen LogP) is 2.36. The van der Waals surface area contributed by atoms with Crippen molar-refractivity contribution in [1.82, 2.24) is 9.59 Å². The molecule has 0 fully saturated rings. The number of nitrogens with zero attached hydrogens (tertiary/aromatic N) is 2. The van der Waals surface area contributed by atoms with Gasteiger partial charge in [0.2, 0.25) is 3.79 Å². The lowest BCUT2D eigenvalue weighted by atomic mass is 10.6. The Morgan fingerprint density at radius 2 is 2.11 bits per heavy atom. The van der Waals surface area contributed by atoms with Crippen LogP contribution in [0.1, 0.15) is 4.88 Å². The van der Waals surface area contributed by atoms with E-state index in [4.69, 9.17) is 34.8 Å². The molecule has 0 spiro atoms. The first-order valence-electron chi connectivity index (χ1n) is 1.95. The fourth-order valence-corrected chi connectivity index (χ4v) is 1.13. The molecule has 0 aromatic carbocycles. The fourth-order valence-electron chi connectivity index (χ4n) is 0.292. The number of hydrogen-bond donors (Lipinski definition) is 0. The Labute approximate surface area is 70.9 Å². The van der Waals surface area contributed by atoms with Crippen LogP contribution in [0.3, 0.4) is 0 Å². The summed E-state index contributed by atoms with van der Waals surface area (Å²) in [5, 5.41) is 3.50. The van der Waals surface area contributed by atoms with Crippen LogP contribution in [0.2, 0.25) is 0 Å². The lowest BCUT2D eigenvalue weighted by molar-refractivity contribution is 1.14. The van der Waals surface area contributed by atoms with E-state index >= 15 is 0 Å². The molecule has 2 nitrogen and oxygen atoms in total. The van der Waals surface area contributed by atoms with Crippen LogP contribution >= 0.6 is 46.3 Å². The quantitative estimate of drug-likeness (QED) is 0.605. The topological polar surface area (TPSA) is 25.8 Å². The molecule has 1 rings (SSSR count). The van der Waals surface area contributed by atoms with Crippen molar-refractivity contribution in [2.24, 2.45) is 0 Å². The number of hydrogen-bond acceptors (Lipinski definition) is 3. The Hall–Kier alpha value is 0.430. The zero-order chi connectivity index (χ0) is 6.91. The second-order valence-electron chi connectivity index (χ2n) is 1.28. The minimum Gasteiger partial charge on any atom is -0.146 e. The molecule has 0 aliphatic carbocycles. The molecule has 0 amide bonds. The van der Waals surface area contributed by atoms with Crippen molar-refractivity contribution in [1.29, 1.82) is 0 Å². The van der Waals surface area contributed by atoms with E-state index in [-0.39, 0.29) is 0 Å². The average Bonchev–Trinajstić information content (AvgIpc) is 2.08. The molecule has 0 N–H and O–H groups in total. The molecule has 1 aromatic rings. The lowest BCUT2D eigenvalue weighted by Crippen LogP contribution is -1.94. The normalized spacial score (nSPS) is 11.9. The first kappa shape index (κ1) is 7.54. The van der Waals surface area contributed by atoms with Gasteiger partial charge in [-0.15, -0.1) is 5.10 Å². The average molecular weight is 203 g/mol. The van der Waals surface area contributed by atoms with Crippen molar-refractivity contribution in [2.45, 2.75) is 3.79 Å². The summed E-state index contributed by atoms with van der Waals surface area (Å²) in [6, 6.07) is 0. The van der Waals surface area contributed by atoms with Gasteiger partial charge in [0, 0.05) is 0 Å². The summed E-state index contributed by atoms with van der Waals surface area (Å²) < 4.78 is 2.16. The summed E-state index contributed by atoms with van der Waals surface area (Å²) in [6.07, 6.45) is 1.43. The number of rotatable bonds is 0. The maximum Gasteiger partial charge on any atom is 0.228 e. The van der Waals surface area contributed by atoms with Crippen LogP contribution < -0.4 is 0 Å². The highest BCUT2D eigenvalue weighted by Gasteiger charge is 2.24. The number of halogens is 3. The molecular weight excluding hydrogens is 202 g/mol. The second kappa shape index (κ2) is 2.58. The van der Waals surface area contributed by atoms with Gasteiger partial charge in [-0.2, -0.15) is 0 Å². The zero-order valence-corrected chi connectivity index (χ0v) is 7.10. The first-order valence-corrected chi connectivity index (χ1v) is 3.86. The molecule has 0 aliphatic heterocycles. The van der Waals surface area contributed by atoms with Crippen molar-refractivity contribution >= 4 is 46.3 Å². The summed E-state index contributed by atoms with van der Waals surface area (Å²) in [4.78, 5) is 0.535. The third-order valence-electron chi connectivity index (χ3n) is 0.641. The van der Waals surface area contributed by atoms with Crippen molar-refractivity contribution in [3.05, 3.63) is 11.1 Å². The third-order valence-corrected chi connectivity index (χ3v) is 2.37. The monoisotopic (exact) mass is 202 g/mol. The molecule has 6 heteroatoms. The van der Waals surface area contributed by atoms with Gasteiger partial charge in [0.1, 0.15) is 0 Å². The Balaban J connectivity index is 2.90. The van der Waals surface area contributed by atoms with Gasteiger partial charge in [-0.05, 0) is 11.5 Å². The van der Waals surface area contributed by atoms with Gasteiger partial charge in [-0.1, -0.05) is 39.3 Å². The van der Waals surface area contributed by atoms with E-state index in [1.165, 1.54) is 6.20 Å². The molecule has 0 bridgehead atoms. The van der Waals surface area contributed by atoms with Gasteiger partial charge in [-0.3, -0.25) is 0 Å². The number of aromatic nitrogens is 2. The molecule has 9 heavy (non-hydrogen) atoms. The van der Waals surface area contributed by atoms with E-state index in [9.17, 15) is 0 Å². The van der Waals surface area contributed by atoms with Crippen LogP contribution in [0.15, 0.2) is 6.20 Å². The van der Waals surface area contributed by atoms with E-state index in [1.807, 2.05) is 0 Å². The molecule has 0 saturated carbocycles. The zero-order valence-electron chi connectivity index (χ0n) is 4.01. The minimum absolute atomic E-state index is 0.535. The summed E-state index contributed by atoms with van der Waals surface area (Å²) in [5.74, 6) is 0.